The van der Waals surface area contributed by atoms with Gasteiger partial charge in [-0.05, 0) is 73.6 Å². The van der Waals surface area contributed by atoms with Crippen molar-refractivity contribution in [2.45, 2.75) is 77.1 Å². The molecule has 2 aromatic carbocycles. The number of aromatic nitrogens is 3. The van der Waals surface area contributed by atoms with E-state index in [1.54, 1.807) is 11.0 Å². The number of hydrogen-bond donors (Lipinski definition) is 1. The van der Waals surface area contributed by atoms with Crippen molar-refractivity contribution < 1.29 is 14.3 Å². The van der Waals surface area contributed by atoms with Gasteiger partial charge in [-0.1, -0.05) is 26.0 Å². The molecule has 0 saturated heterocycles. The molecule has 0 spiro atoms. The molecule has 3 atom stereocenters. The van der Waals surface area contributed by atoms with E-state index in [4.69, 9.17) is 9.47 Å². The summed E-state index contributed by atoms with van der Waals surface area (Å²) in [5.41, 5.74) is 3.84. The van der Waals surface area contributed by atoms with Crippen LogP contribution in [0.15, 0.2) is 55.1 Å². The van der Waals surface area contributed by atoms with Gasteiger partial charge in [0.1, 0.15) is 24.5 Å². The van der Waals surface area contributed by atoms with Gasteiger partial charge >= 0.3 is 6.09 Å². The predicted octanol–water partition coefficient (Wildman–Crippen LogP) is 6.06. The summed E-state index contributed by atoms with van der Waals surface area (Å²) in [6.45, 7) is 7.21. The number of carbonyl (C=O) groups is 1. The highest BCUT2D eigenvalue weighted by Gasteiger charge is 2.44. The fourth-order valence-corrected chi connectivity index (χ4v) is 5.15. The first-order valence-corrected chi connectivity index (χ1v) is 13.8. The number of hydrogen-bond acceptors (Lipinski definition) is 7. The zero-order valence-corrected chi connectivity index (χ0v) is 22.8. The quantitative estimate of drug-likeness (QED) is 0.319. The van der Waals surface area contributed by atoms with Gasteiger partial charge in [0.05, 0.1) is 24.6 Å². The monoisotopic (exact) mass is 528 g/mol. The van der Waals surface area contributed by atoms with E-state index in [9.17, 15) is 10.1 Å². The van der Waals surface area contributed by atoms with Crippen molar-refractivity contribution in [3.63, 3.8) is 0 Å². The minimum atomic E-state index is -0.461. The standard InChI is InChI=1S/C30H36N6O3/c1-20(2)21(3)39-30(37)34-23-10-8-22(9-11-23)29-27(17-31)26-16-25(38-15-5-14-35-19-32-18-33-35)12-13-28(26)36(29)24-6-4-7-24/h8-13,16,18-21,24,27,29H,4-7,14-15H2,1-3H3,(H,34,37)/t21-,27?,29?/m1/s1. The van der Waals surface area contributed by atoms with E-state index in [2.05, 4.69) is 32.4 Å². The Balaban J connectivity index is 1.31. The molecule has 1 aliphatic heterocycles. The first kappa shape index (κ1) is 26.5. The zero-order valence-electron chi connectivity index (χ0n) is 22.8. The molecule has 39 heavy (non-hydrogen) atoms. The fourth-order valence-electron chi connectivity index (χ4n) is 5.15. The summed E-state index contributed by atoms with van der Waals surface area (Å²) < 4.78 is 13.3. The van der Waals surface area contributed by atoms with E-state index < -0.39 is 6.09 Å². The van der Waals surface area contributed by atoms with Gasteiger partial charge in [0.25, 0.3) is 0 Å². The van der Waals surface area contributed by atoms with E-state index in [1.807, 2.05) is 57.2 Å². The highest BCUT2D eigenvalue weighted by molar-refractivity contribution is 5.84. The number of nitriles is 1. The minimum Gasteiger partial charge on any atom is -0.494 e. The molecule has 9 nitrogen and oxygen atoms in total. The number of aryl methyl sites for hydroxylation is 1. The number of carbonyl (C=O) groups excluding carboxylic acids is 1. The lowest BCUT2D eigenvalue weighted by atomic mass is 9.87. The molecule has 5 rings (SSSR count). The Hall–Kier alpha value is -4.06. The van der Waals surface area contributed by atoms with Crippen LogP contribution in [0.2, 0.25) is 0 Å². The number of anilines is 2. The lowest BCUT2D eigenvalue weighted by molar-refractivity contribution is 0.0940. The van der Waals surface area contributed by atoms with E-state index in [1.165, 1.54) is 12.7 Å². The Morgan fingerprint density at radius 2 is 1.97 bits per heavy atom. The normalized spacial score (nSPS) is 19.2. The van der Waals surface area contributed by atoms with Crippen LogP contribution < -0.4 is 15.0 Å². The average Bonchev–Trinajstić information content (AvgIpc) is 3.52. The largest absolute Gasteiger partial charge is 0.494 e. The Morgan fingerprint density at radius 3 is 2.62 bits per heavy atom. The minimum absolute atomic E-state index is 0.0974. The van der Waals surface area contributed by atoms with Crippen molar-refractivity contribution in [1.82, 2.24) is 14.8 Å². The van der Waals surface area contributed by atoms with Crippen molar-refractivity contribution in [1.29, 1.82) is 5.26 Å². The van der Waals surface area contributed by atoms with Gasteiger partial charge < -0.3 is 14.4 Å². The van der Waals surface area contributed by atoms with Crippen LogP contribution in [0.1, 0.15) is 69.5 Å². The Kier molecular flexibility index (Phi) is 8.01. The van der Waals surface area contributed by atoms with Gasteiger partial charge in [-0.3, -0.25) is 10.00 Å². The number of benzene rings is 2. The number of ether oxygens (including phenoxy) is 2. The first-order chi connectivity index (χ1) is 18.9. The number of nitrogens with zero attached hydrogens (tertiary/aromatic N) is 5. The second-order valence-corrected chi connectivity index (χ2v) is 10.7. The van der Waals surface area contributed by atoms with Crippen molar-refractivity contribution in [2.75, 3.05) is 16.8 Å². The Bertz CT molecular complexity index is 1300. The topological polar surface area (TPSA) is 105 Å². The maximum absolute atomic E-state index is 12.3. The molecule has 2 aliphatic rings. The van der Waals surface area contributed by atoms with E-state index in [-0.39, 0.29) is 24.0 Å². The van der Waals surface area contributed by atoms with Gasteiger partial charge in [0.15, 0.2) is 0 Å². The van der Waals surface area contributed by atoms with Crippen LogP contribution in [0.25, 0.3) is 0 Å². The lowest BCUT2D eigenvalue weighted by Crippen LogP contribution is -2.41. The molecule has 2 heterocycles. The highest BCUT2D eigenvalue weighted by atomic mass is 16.6. The smallest absolute Gasteiger partial charge is 0.411 e. The second kappa shape index (κ2) is 11.8. The molecule has 0 bridgehead atoms. The molecule has 1 saturated carbocycles. The molecular weight excluding hydrogens is 492 g/mol. The van der Waals surface area contributed by atoms with Crippen LogP contribution in [0.4, 0.5) is 16.2 Å². The summed E-state index contributed by atoms with van der Waals surface area (Å²) in [5.74, 6) is 0.693. The predicted molar refractivity (Wildman–Crippen MR) is 149 cm³/mol. The molecule has 3 aromatic rings. The molecule has 9 heteroatoms. The number of fused-ring (bicyclic) bond motifs is 1. The van der Waals surface area contributed by atoms with E-state index in [0.717, 1.165) is 48.4 Å². The van der Waals surface area contributed by atoms with Crippen molar-refractivity contribution >= 4 is 17.5 Å². The Labute approximate surface area is 229 Å². The van der Waals surface area contributed by atoms with Gasteiger partial charge in [0, 0.05) is 30.4 Å². The van der Waals surface area contributed by atoms with Crippen molar-refractivity contribution in [2.24, 2.45) is 5.92 Å². The number of amides is 1. The van der Waals surface area contributed by atoms with Crippen molar-refractivity contribution in [3.8, 4) is 11.8 Å². The summed E-state index contributed by atoms with van der Waals surface area (Å²) >= 11 is 0. The van der Waals surface area contributed by atoms with Crippen LogP contribution >= 0.6 is 0 Å². The molecule has 1 N–H and O–H groups in total. The molecule has 2 unspecified atom stereocenters. The SMILES string of the molecule is CC(C)[C@@H](C)OC(=O)Nc1ccc(C2C(C#N)c3cc(OCCCn4cncn4)ccc3N2C2CCC2)cc1. The van der Waals surface area contributed by atoms with E-state index in [0.29, 0.717) is 18.3 Å². The molecule has 0 radical (unpaired) electrons. The van der Waals surface area contributed by atoms with Gasteiger partial charge in [-0.25, -0.2) is 9.78 Å². The molecule has 1 aromatic heterocycles. The fraction of sp³-hybridized carbons (Fsp3) is 0.467. The highest BCUT2D eigenvalue weighted by Crippen LogP contribution is 2.53. The van der Waals surface area contributed by atoms with Gasteiger partial charge in [0.2, 0.25) is 0 Å². The number of rotatable bonds is 10. The summed E-state index contributed by atoms with van der Waals surface area (Å²) in [6, 6.07) is 16.8. The molecule has 1 amide bonds. The van der Waals surface area contributed by atoms with Gasteiger partial charge in [-0.2, -0.15) is 10.4 Å². The van der Waals surface area contributed by atoms with Crippen LogP contribution in [-0.4, -0.2) is 39.6 Å². The summed E-state index contributed by atoms with van der Waals surface area (Å²) in [7, 11) is 0. The first-order valence-electron chi connectivity index (χ1n) is 13.8. The lowest BCUT2D eigenvalue weighted by Gasteiger charge is -2.41. The molecular formula is C30H36N6O3. The summed E-state index contributed by atoms with van der Waals surface area (Å²) in [6.07, 6.45) is 6.84. The summed E-state index contributed by atoms with van der Waals surface area (Å²) in [4.78, 5) is 18.7. The Morgan fingerprint density at radius 1 is 1.18 bits per heavy atom. The third-order valence-corrected chi connectivity index (χ3v) is 7.83. The molecule has 204 valence electrons. The zero-order chi connectivity index (χ0) is 27.4. The third-order valence-electron chi connectivity index (χ3n) is 7.83. The second-order valence-electron chi connectivity index (χ2n) is 10.7. The molecule has 1 aliphatic carbocycles. The van der Waals surface area contributed by atoms with Crippen molar-refractivity contribution in [3.05, 3.63) is 66.2 Å². The molecule has 1 fully saturated rings. The number of nitrogens with one attached hydrogen (secondary N) is 1. The van der Waals surface area contributed by atoms with Crippen LogP contribution in [0.5, 0.6) is 5.75 Å². The third kappa shape index (κ3) is 5.85. The van der Waals surface area contributed by atoms with Gasteiger partial charge in [-0.15, -0.1) is 0 Å². The van der Waals surface area contributed by atoms with Crippen LogP contribution in [0, 0.1) is 17.2 Å². The van der Waals surface area contributed by atoms with Crippen LogP contribution in [0.3, 0.4) is 0 Å². The maximum Gasteiger partial charge on any atom is 0.411 e. The average molecular weight is 529 g/mol. The van der Waals surface area contributed by atoms with Crippen LogP contribution in [-0.2, 0) is 11.3 Å². The maximum atomic E-state index is 12.3. The summed E-state index contributed by atoms with van der Waals surface area (Å²) in [5, 5.41) is 17.3. The van der Waals surface area contributed by atoms with E-state index >= 15 is 0 Å².